The van der Waals surface area contributed by atoms with Crippen molar-refractivity contribution < 1.29 is 14.6 Å². The Bertz CT molecular complexity index is 555. The highest BCUT2D eigenvalue weighted by atomic mass is 16.5. The van der Waals surface area contributed by atoms with E-state index in [4.69, 9.17) is 9.84 Å². The minimum absolute atomic E-state index is 0.102. The molecule has 1 amide bonds. The van der Waals surface area contributed by atoms with E-state index in [2.05, 4.69) is 10.2 Å². The van der Waals surface area contributed by atoms with Crippen molar-refractivity contribution in [2.75, 3.05) is 20.3 Å². The number of hydrogen-bond donors (Lipinski definition) is 2. The summed E-state index contributed by atoms with van der Waals surface area (Å²) < 4.78 is 5.27. The van der Waals surface area contributed by atoms with Gasteiger partial charge < -0.3 is 14.7 Å². The summed E-state index contributed by atoms with van der Waals surface area (Å²) in [4.78, 5) is 13.8. The fourth-order valence-electron chi connectivity index (χ4n) is 1.96. The van der Waals surface area contributed by atoms with Gasteiger partial charge in [-0.3, -0.25) is 9.89 Å². The normalized spacial score (nSPS) is 10.3. The Morgan fingerprint density at radius 1 is 1.40 bits per heavy atom. The molecule has 0 fully saturated rings. The number of nitrogens with one attached hydrogen (secondary N) is 1. The number of benzene rings is 1. The lowest BCUT2D eigenvalue weighted by Gasteiger charge is -2.22. The topological polar surface area (TPSA) is 78.5 Å². The number of carbonyl (C=O) groups excluding carboxylic acids is 1. The predicted octanol–water partition coefficient (Wildman–Crippen LogP) is 1.05. The largest absolute Gasteiger partial charge is 0.496 e. The molecule has 0 bridgehead atoms. The van der Waals surface area contributed by atoms with E-state index in [1.54, 1.807) is 18.1 Å². The van der Waals surface area contributed by atoms with Crippen LogP contribution in [0, 0.1) is 0 Å². The number of amides is 1. The van der Waals surface area contributed by atoms with E-state index in [9.17, 15) is 4.79 Å². The minimum Gasteiger partial charge on any atom is -0.496 e. The van der Waals surface area contributed by atoms with Gasteiger partial charge in [0, 0.05) is 24.8 Å². The molecule has 2 aromatic rings. The highest BCUT2D eigenvalue weighted by molar-refractivity contribution is 5.92. The van der Waals surface area contributed by atoms with Crippen LogP contribution in [0.3, 0.4) is 0 Å². The third-order valence-corrected chi connectivity index (χ3v) is 2.94. The number of aliphatic hydroxyl groups excluding tert-OH is 1. The second-order valence-electron chi connectivity index (χ2n) is 4.23. The van der Waals surface area contributed by atoms with E-state index in [0.29, 0.717) is 18.0 Å². The molecule has 0 aliphatic carbocycles. The zero-order valence-corrected chi connectivity index (χ0v) is 11.2. The number of H-pyrrole nitrogens is 1. The zero-order valence-electron chi connectivity index (χ0n) is 11.2. The molecular formula is C14H17N3O3. The number of rotatable bonds is 6. The van der Waals surface area contributed by atoms with E-state index in [-0.39, 0.29) is 19.1 Å². The molecule has 0 aliphatic rings. The summed E-state index contributed by atoms with van der Waals surface area (Å²) in [5.74, 6) is 0.510. The first-order valence-corrected chi connectivity index (χ1v) is 6.27. The van der Waals surface area contributed by atoms with Crippen LogP contribution in [0.2, 0.25) is 0 Å². The van der Waals surface area contributed by atoms with Crippen LogP contribution in [-0.2, 0) is 6.54 Å². The molecule has 2 N–H and O–H groups in total. The molecule has 0 aliphatic heterocycles. The fraction of sp³-hybridized carbons (Fsp3) is 0.286. The number of carbonyl (C=O) groups is 1. The van der Waals surface area contributed by atoms with Crippen LogP contribution in [0.5, 0.6) is 5.75 Å². The van der Waals surface area contributed by atoms with Gasteiger partial charge in [-0.1, -0.05) is 18.2 Å². The molecule has 0 unspecified atom stereocenters. The van der Waals surface area contributed by atoms with Crippen molar-refractivity contribution >= 4 is 5.91 Å². The Labute approximate surface area is 117 Å². The summed E-state index contributed by atoms with van der Waals surface area (Å²) in [5.41, 5.74) is 1.28. The quantitative estimate of drug-likeness (QED) is 0.826. The van der Waals surface area contributed by atoms with Gasteiger partial charge in [-0.2, -0.15) is 5.10 Å². The van der Waals surface area contributed by atoms with Crippen molar-refractivity contribution in [2.24, 2.45) is 0 Å². The van der Waals surface area contributed by atoms with Crippen LogP contribution >= 0.6 is 0 Å². The summed E-state index contributed by atoms with van der Waals surface area (Å²) in [6.07, 6.45) is 1.52. The van der Waals surface area contributed by atoms with Gasteiger partial charge in [-0.05, 0) is 12.1 Å². The molecule has 1 heterocycles. The summed E-state index contributed by atoms with van der Waals surface area (Å²) in [6, 6.07) is 9.09. The van der Waals surface area contributed by atoms with Crippen molar-refractivity contribution in [2.45, 2.75) is 6.54 Å². The lowest BCUT2D eigenvalue weighted by atomic mass is 10.2. The van der Waals surface area contributed by atoms with Gasteiger partial charge in [0.15, 0.2) is 0 Å². The number of aromatic nitrogens is 2. The van der Waals surface area contributed by atoms with Crippen LogP contribution in [0.1, 0.15) is 16.1 Å². The van der Waals surface area contributed by atoms with Crippen molar-refractivity contribution in [3.63, 3.8) is 0 Å². The SMILES string of the molecule is COc1ccccc1CN(CCO)C(=O)c1ccn[nH]1. The molecule has 6 heteroatoms. The van der Waals surface area contributed by atoms with Crippen LogP contribution in [0.25, 0.3) is 0 Å². The van der Waals surface area contributed by atoms with E-state index in [1.165, 1.54) is 6.20 Å². The van der Waals surface area contributed by atoms with Gasteiger partial charge in [-0.15, -0.1) is 0 Å². The van der Waals surface area contributed by atoms with E-state index in [1.807, 2.05) is 24.3 Å². The minimum atomic E-state index is -0.206. The van der Waals surface area contributed by atoms with Gasteiger partial charge in [0.2, 0.25) is 0 Å². The third kappa shape index (κ3) is 3.16. The number of nitrogens with zero attached hydrogens (tertiary/aromatic N) is 2. The number of methoxy groups -OCH3 is 1. The van der Waals surface area contributed by atoms with Crippen molar-refractivity contribution in [3.05, 3.63) is 47.8 Å². The molecule has 2 rings (SSSR count). The van der Waals surface area contributed by atoms with E-state index >= 15 is 0 Å². The molecule has 0 saturated heterocycles. The highest BCUT2D eigenvalue weighted by Gasteiger charge is 2.18. The second-order valence-corrected chi connectivity index (χ2v) is 4.23. The Morgan fingerprint density at radius 2 is 2.20 bits per heavy atom. The molecule has 20 heavy (non-hydrogen) atoms. The maximum atomic E-state index is 12.3. The van der Waals surface area contributed by atoms with Gasteiger partial charge in [0.25, 0.3) is 5.91 Å². The summed E-state index contributed by atoms with van der Waals surface area (Å²) in [7, 11) is 1.59. The first-order valence-electron chi connectivity index (χ1n) is 6.27. The van der Waals surface area contributed by atoms with Crippen LogP contribution in [0.4, 0.5) is 0 Å². The second kappa shape index (κ2) is 6.72. The molecule has 0 radical (unpaired) electrons. The van der Waals surface area contributed by atoms with Crippen molar-refractivity contribution in [3.8, 4) is 5.75 Å². The van der Waals surface area contributed by atoms with Crippen molar-refractivity contribution in [1.82, 2.24) is 15.1 Å². The van der Waals surface area contributed by atoms with Crippen molar-refractivity contribution in [1.29, 1.82) is 0 Å². The fourth-order valence-corrected chi connectivity index (χ4v) is 1.96. The molecule has 0 atom stereocenters. The first-order chi connectivity index (χ1) is 9.76. The molecule has 6 nitrogen and oxygen atoms in total. The van der Waals surface area contributed by atoms with Crippen LogP contribution in [0.15, 0.2) is 36.5 Å². The zero-order chi connectivity index (χ0) is 14.4. The summed E-state index contributed by atoms with van der Waals surface area (Å²) in [5, 5.41) is 15.5. The van der Waals surface area contributed by atoms with Gasteiger partial charge >= 0.3 is 0 Å². The van der Waals surface area contributed by atoms with Crippen LogP contribution in [-0.4, -0.2) is 46.4 Å². The van der Waals surface area contributed by atoms with Gasteiger partial charge in [-0.25, -0.2) is 0 Å². The van der Waals surface area contributed by atoms with E-state index in [0.717, 1.165) is 5.56 Å². The maximum Gasteiger partial charge on any atom is 0.272 e. The summed E-state index contributed by atoms with van der Waals surface area (Å²) >= 11 is 0. The predicted molar refractivity (Wildman–Crippen MR) is 73.4 cm³/mol. The first kappa shape index (κ1) is 14.1. The highest BCUT2D eigenvalue weighted by Crippen LogP contribution is 2.19. The average molecular weight is 275 g/mol. The lowest BCUT2D eigenvalue weighted by Crippen LogP contribution is -2.33. The van der Waals surface area contributed by atoms with E-state index < -0.39 is 0 Å². The number of hydrogen-bond acceptors (Lipinski definition) is 4. The Kier molecular flexibility index (Phi) is 4.73. The smallest absolute Gasteiger partial charge is 0.272 e. The number of ether oxygens (including phenoxy) is 1. The monoisotopic (exact) mass is 275 g/mol. The maximum absolute atomic E-state index is 12.3. The molecule has 1 aromatic heterocycles. The molecule has 1 aromatic carbocycles. The van der Waals surface area contributed by atoms with Crippen LogP contribution < -0.4 is 4.74 Å². The van der Waals surface area contributed by atoms with Gasteiger partial charge in [0.1, 0.15) is 11.4 Å². The number of para-hydroxylation sites is 1. The molecule has 106 valence electrons. The lowest BCUT2D eigenvalue weighted by molar-refractivity contribution is 0.0700. The summed E-state index contributed by atoms with van der Waals surface area (Å²) in [6.45, 7) is 0.507. The Balaban J connectivity index is 2.19. The van der Waals surface area contributed by atoms with Gasteiger partial charge in [0.05, 0.1) is 13.7 Å². The molecular weight excluding hydrogens is 258 g/mol. The number of aliphatic hydroxyl groups is 1. The Hall–Kier alpha value is -2.34. The Morgan fingerprint density at radius 3 is 2.85 bits per heavy atom. The number of aromatic amines is 1. The third-order valence-electron chi connectivity index (χ3n) is 2.94. The molecule has 0 spiro atoms. The molecule has 0 saturated carbocycles. The average Bonchev–Trinajstić information content (AvgIpc) is 3.01. The standard InChI is InChI=1S/C14H17N3O3/c1-20-13-5-3-2-4-11(13)10-17(8-9-18)14(19)12-6-7-15-16-12/h2-7,18H,8-10H2,1H3,(H,15,16).